The molecule has 1 aromatic carbocycles. The van der Waals surface area contributed by atoms with Crippen molar-refractivity contribution >= 4 is 16.0 Å². The first kappa shape index (κ1) is 16.8. The highest BCUT2D eigenvalue weighted by atomic mass is 32.2. The van der Waals surface area contributed by atoms with Gasteiger partial charge >= 0.3 is 10.1 Å². The van der Waals surface area contributed by atoms with E-state index in [1.807, 2.05) is 4.90 Å². The van der Waals surface area contributed by atoms with Gasteiger partial charge in [-0.25, -0.2) is 0 Å². The summed E-state index contributed by atoms with van der Waals surface area (Å²) >= 11 is 0. The van der Waals surface area contributed by atoms with Crippen LogP contribution in [0.15, 0.2) is 24.3 Å². The van der Waals surface area contributed by atoms with Crippen molar-refractivity contribution in [2.75, 3.05) is 6.26 Å². The largest absolute Gasteiger partial charge is 0.383 e. The third-order valence-corrected chi connectivity index (χ3v) is 4.35. The van der Waals surface area contributed by atoms with Gasteiger partial charge in [0, 0.05) is 18.5 Å². The Morgan fingerprint density at radius 1 is 1.32 bits per heavy atom. The summed E-state index contributed by atoms with van der Waals surface area (Å²) in [7, 11) is -3.51. The van der Waals surface area contributed by atoms with Crippen molar-refractivity contribution in [1.29, 1.82) is 0 Å². The lowest BCUT2D eigenvalue weighted by atomic mass is 10.1. The summed E-state index contributed by atoms with van der Waals surface area (Å²) in [6.45, 7) is 4.67. The third-order valence-electron chi connectivity index (χ3n) is 3.86. The molecule has 0 bridgehead atoms. The van der Waals surface area contributed by atoms with E-state index in [1.54, 1.807) is 24.3 Å². The summed E-state index contributed by atoms with van der Waals surface area (Å²) in [5.41, 5.74) is 0.968. The van der Waals surface area contributed by atoms with Gasteiger partial charge in [-0.15, -0.1) is 0 Å². The molecular formula is C16H23NO4S. The Labute approximate surface area is 132 Å². The number of amides is 1. The van der Waals surface area contributed by atoms with Gasteiger partial charge in [-0.1, -0.05) is 19.1 Å². The molecule has 1 fully saturated rings. The molecule has 0 spiro atoms. The maximum atomic E-state index is 12.4. The fraction of sp³-hybridized carbons (Fsp3) is 0.562. The molecule has 1 aliphatic carbocycles. The van der Waals surface area contributed by atoms with Crippen molar-refractivity contribution < 1.29 is 17.4 Å². The summed E-state index contributed by atoms with van der Waals surface area (Å²) in [5.74, 6) is 0.711. The topological polar surface area (TPSA) is 63.7 Å². The predicted octanol–water partition coefficient (Wildman–Crippen LogP) is 2.56. The van der Waals surface area contributed by atoms with E-state index >= 15 is 0 Å². The highest BCUT2D eigenvalue weighted by Crippen LogP contribution is 2.32. The first-order valence-electron chi connectivity index (χ1n) is 7.59. The van der Waals surface area contributed by atoms with Crippen LogP contribution in [0.1, 0.15) is 38.7 Å². The minimum atomic E-state index is -3.51. The molecule has 2 rings (SSSR count). The molecule has 0 heterocycles. The van der Waals surface area contributed by atoms with Crippen LogP contribution < -0.4 is 4.18 Å². The van der Waals surface area contributed by atoms with Gasteiger partial charge in [-0.2, -0.15) is 8.42 Å². The lowest BCUT2D eigenvalue weighted by Gasteiger charge is -2.29. The Bertz CT molecular complexity index is 620. The van der Waals surface area contributed by atoms with E-state index in [9.17, 15) is 13.2 Å². The zero-order valence-electron chi connectivity index (χ0n) is 13.3. The first-order chi connectivity index (χ1) is 10.3. The maximum Gasteiger partial charge on any atom is 0.306 e. The molecule has 0 aliphatic heterocycles. The van der Waals surface area contributed by atoms with E-state index < -0.39 is 10.1 Å². The SMILES string of the molecule is CC[C@@H](C)N(Cc1ccc(OS(C)(=O)=O)cc1)C(=O)C1CC1. The number of nitrogens with zero attached hydrogens (tertiary/aromatic N) is 1. The van der Waals surface area contributed by atoms with Crippen molar-refractivity contribution in [2.45, 2.75) is 45.7 Å². The van der Waals surface area contributed by atoms with Crippen LogP contribution in [-0.2, 0) is 21.5 Å². The van der Waals surface area contributed by atoms with Crippen LogP contribution in [0.25, 0.3) is 0 Å². The quantitative estimate of drug-likeness (QED) is 0.723. The van der Waals surface area contributed by atoms with Crippen molar-refractivity contribution in [3.05, 3.63) is 29.8 Å². The average molecular weight is 325 g/mol. The molecule has 0 unspecified atom stereocenters. The molecule has 122 valence electrons. The van der Waals surface area contributed by atoms with E-state index in [2.05, 4.69) is 13.8 Å². The van der Waals surface area contributed by atoms with Crippen LogP contribution in [0.2, 0.25) is 0 Å². The molecule has 1 saturated carbocycles. The van der Waals surface area contributed by atoms with Crippen LogP contribution in [0.5, 0.6) is 5.75 Å². The fourth-order valence-corrected chi connectivity index (χ4v) is 2.72. The standard InChI is InChI=1S/C16H23NO4S/c1-4-12(2)17(16(18)14-7-8-14)11-13-5-9-15(10-6-13)21-22(3,19)20/h5-6,9-10,12,14H,4,7-8,11H2,1-3H3/t12-/m1/s1. The van der Waals surface area contributed by atoms with Gasteiger partial charge in [0.2, 0.25) is 5.91 Å². The van der Waals surface area contributed by atoms with E-state index in [1.165, 1.54) is 0 Å². The maximum absolute atomic E-state index is 12.4. The lowest BCUT2D eigenvalue weighted by Crippen LogP contribution is -2.38. The Morgan fingerprint density at radius 2 is 1.91 bits per heavy atom. The molecule has 0 aromatic heterocycles. The molecule has 1 atom stereocenters. The highest BCUT2D eigenvalue weighted by Gasteiger charge is 2.34. The Kier molecular flexibility index (Phi) is 5.11. The van der Waals surface area contributed by atoms with Crippen LogP contribution >= 0.6 is 0 Å². The fourth-order valence-electron chi connectivity index (χ4n) is 2.26. The van der Waals surface area contributed by atoms with Gasteiger partial charge in [-0.3, -0.25) is 4.79 Å². The Hall–Kier alpha value is -1.56. The molecule has 5 nitrogen and oxygen atoms in total. The van der Waals surface area contributed by atoms with E-state index in [0.29, 0.717) is 6.54 Å². The summed E-state index contributed by atoms with van der Waals surface area (Å²) in [6, 6.07) is 7.03. The molecule has 0 N–H and O–H groups in total. The lowest BCUT2D eigenvalue weighted by molar-refractivity contribution is -0.135. The second-order valence-electron chi connectivity index (χ2n) is 5.93. The first-order valence-corrected chi connectivity index (χ1v) is 9.40. The van der Waals surface area contributed by atoms with Crippen molar-refractivity contribution in [3.63, 3.8) is 0 Å². The number of rotatable bonds is 7. The number of carbonyl (C=O) groups is 1. The van der Waals surface area contributed by atoms with E-state index in [4.69, 9.17) is 4.18 Å². The van der Waals surface area contributed by atoms with Crippen molar-refractivity contribution in [2.24, 2.45) is 5.92 Å². The predicted molar refractivity (Wildman–Crippen MR) is 84.9 cm³/mol. The van der Waals surface area contributed by atoms with Gasteiger partial charge in [0.05, 0.1) is 6.26 Å². The molecule has 22 heavy (non-hydrogen) atoms. The third kappa shape index (κ3) is 4.73. The highest BCUT2D eigenvalue weighted by molar-refractivity contribution is 7.86. The molecule has 1 aliphatic rings. The second-order valence-corrected chi connectivity index (χ2v) is 7.50. The molecular weight excluding hydrogens is 302 g/mol. The minimum Gasteiger partial charge on any atom is -0.383 e. The van der Waals surface area contributed by atoms with Gasteiger partial charge in [0.15, 0.2) is 0 Å². The monoisotopic (exact) mass is 325 g/mol. The van der Waals surface area contributed by atoms with E-state index in [0.717, 1.165) is 31.1 Å². The smallest absolute Gasteiger partial charge is 0.306 e. The summed E-state index contributed by atoms with van der Waals surface area (Å²) < 4.78 is 27.0. The molecule has 1 aromatic rings. The van der Waals surface area contributed by atoms with Crippen LogP contribution in [0.3, 0.4) is 0 Å². The molecule has 1 amide bonds. The Morgan fingerprint density at radius 3 is 2.36 bits per heavy atom. The molecule has 0 radical (unpaired) electrons. The number of hydrogen-bond acceptors (Lipinski definition) is 4. The van der Waals surface area contributed by atoms with Crippen LogP contribution in [-0.4, -0.2) is 31.5 Å². The molecule has 0 saturated heterocycles. The summed E-state index contributed by atoms with van der Waals surface area (Å²) in [5, 5.41) is 0. The van der Waals surface area contributed by atoms with Crippen molar-refractivity contribution in [3.8, 4) is 5.75 Å². The van der Waals surface area contributed by atoms with Gasteiger partial charge < -0.3 is 9.08 Å². The van der Waals surface area contributed by atoms with Gasteiger partial charge in [0.1, 0.15) is 5.75 Å². The number of benzene rings is 1. The molecule has 6 heteroatoms. The van der Waals surface area contributed by atoms with Crippen LogP contribution in [0, 0.1) is 5.92 Å². The zero-order chi connectivity index (χ0) is 16.3. The number of hydrogen-bond donors (Lipinski definition) is 0. The number of carbonyl (C=O) groups excluding carboxylic acids is 1. The Balaban J connectivity index is 2.07. The normalized spacial score (nSPS) is 16.1. The average Bonchev–Trinajstić information content (AvgIpc) is 3.28. The van der Waals surface area contributed by atoms with Crippen LogP contribution in [0.4, 0.5) is 0 Å². The minimum absolute atomic E-state index is 0.194. The van der Waals surface area contributed by atoms with Gasteiger partial charge in [-0.05, 0) is 43.9 Å². The summed E-state index contributed by atoms with van der Waals surface area (Å²) in [6.07, 6.45) is 3.91. The van der Waals surface area contributed by atoms with Gasteiger partial charge in [0.25, 0.3) is 0 Å². The summed E-state index contributed by atoms with van der Waals surface area (Å²) in [4.78, 5) is 14.3. The second kappa shape index (κ2) is 6.69. The van der Waals surface area contributed by atoms with Crippen molar-refractivity contribution in [1.82, 2.24) is 4.90 Å². The zero-order valence-corrected chi connectivity index (χ0v) is 14.1. The van der Waals surface area contributed by atoms with E-state index in [-0.39, 0.29) is 23.6 Å².